The molecule has 1 heterocycles. The minimum Gasteiger partial charge on any atom is -1.00 e. The minimum atomic E-state index is 0. The van der Waals surface area contributed by atoms with Crippen LogP contribution in [0.15, 0.2) is 60.4 Å². The highest BCUT2D eigenvalue weighted by atomic mass is 79.9. The number of nitrogens with zero attached hydrogens (tertiary/aromatic N) is 1. The zero-order valence-electron chi connectivity index (χ0n) is 10.6. The number of fused-ring (bicyclic) bond motifs is 1. The Bertz CT molecular complexity index is 578. The molecule has 0 aliphatic carbocycles. The Kier molecular flexibility index (Phi) is 4.27. The fraction of sp³-hybridized carbons (Fsp3) is 0.125. The van der Waals surface area contributed by atoms with Crippen molar-refractivity contribution in [2.45, 2.75) is 13.1 Å². The number of benzene rings is 2. The number of halogens is 1. The summed E-state index contributed by atoms with van der Waals surface area (Å²) in [5.41, 5.74) is 9.99. The topological polar surface area (TPSA) is 29.3 Å². The van der Waals surface area contributed by atoms with E-state index >= 15 is 0 Å². The third-order valence-corrected chi connectivity index (χ3v) is 3.30. The Balaban J connectivity index is 0.00000133. The minimum absolute atomic E-state index is 0. The molecule has 0 atom stereocenters. The van der Waals surface area contributed by atoms with E-state index in [4.69, 9.17) is 5.73 Å². The van der Waals surface area contributed by atoms with Crippen molar-refractivity contribution in [1.82, 2.24) is 4.90 Å². The molecule has 98 valence electrons. The van der Waals surface area contributed by atoms with Crippen molar-refractivity contribution in [3.63, 3.8) is 0 Å². The molecule has 2 aromatic rings. The summed E-state index contributed by atoms with van der Waals surface area (Å²) < 4.78 is 0. The highest BCUT2D eigenvalue weighted by Crippen LogP contribution is 2.23. The second-order valence-corrected chi connectivity index (χ2v) is 4.61. The molecule has 0 saturated heterocycles. The van der Waals surface area contributed by atoms with Crippen molar-refractivity contribution in [2.75, 3.05) is 0 Å². The van der Waals surface area contributed by atoms with Gasteiger partial charge >= 0.3 is 0 Å². The third kappa shape index (κ3) is 2.99. The number of nitrogens with two attached hydrogens (primary N) is 1. The van der Waals surface area contributed by atoms with E-state index in [1.54, 1.807) is 0 Å². The van der Waals surface area contributed by atoms with E-state index in [1.165, 1.54) is 16.7 Å². The van der Waals surface area contributed by atoms with Crippen LogP contribution in [-0.2, 0) is 13.1 Å². The first-order valence-corrected chi connectivity index (χ1v) is 6.17. The molecule has 2 aromatic carbocycles. The summed E-state index contributed by atoms with van der Waals surface area (Å²) in [5, 5.41) is 0. The highest BCUT2D eigenvalue weighted by Gasteiger charge is 2.15. The summed E-state index contributed by atoms with van der Waals surface area (Å²) in [6, 6.07) is 18.8. The molecule has 0 spiro atoms. The number of hydrogen-bond acceptors (Lipinski definition) is 2. The van der Waals surface area contributed by atoms with Gasteiger partial charge in [-0.3, -0.25) is 0 Å². The van der Waals surface area contributed by atoms with Crippen molar-refractivity contribution in [2.24, 2.45) is 5.73 Å². The molecule has 0 unspecified atom stereocenters. The van der Waals surface area contributed by atoms with Crippen molar-refractivity contribution in [3.05, 3.63) is 77.1 Å². The van der Waals surface area contributed by atoms with Gasteiger partial charge < -0.3 is 27.6 Å². The first-order valence-electron chi connectivity index (χ1n) is 6.17. The van der Waals surface area contributed by atoms with Crippen LogP contribution in [0.1, 0.15) is 16.7 Å². The SMILES string of the molecule is NC1=Cc2ccccc2CN1Cc1ccccc1.[Br-]. The highest BCUT2D eigenvalue weighted by molar-refractivity contribution is 5.58. The first-order chi connectivity index (χ1) is 8.83. The second kappa shape index (κ2) is 5.93. The van der Waals surface area contributed by atoms with Gasteiger partial charge in [0.1, 0.15) is 0 Å². The van der Waals surface area contributed by atoms with Crippen LogP contribution in [0.4, 0.5) is 0 Å². The van der Waals surface area contributed by atoms with Crippen LogP contribution in [-0.4, -0.2) is 4.90 Å². The Hall–Kier alpha value is -1.74. The largest absolute Gasteiger partial charge is 1.00 e. The number of rotatable bonds is 2. The van der Waals surface area contributed by atoms with Crippen LogP contribution >= 0.6 is 0 Å². The fourth-order valence-corrected chi connectivity index (χ4v) is 2.32. The molecule has 3 heteroatoms. The van der Waals surface area contributed by atoms with E-state index in [0.29, 0.717) is 0 Å². The summed E-state index contributed by atoms with van der Waals surface area (Å²) in [7, 11) is 0. The standard InChI is InChI=1S/C16H16N2.BrH/c17-16-10-14-8-4-5-9-15(14)12-18(16)11-13-6-2-1-3-7-13;/h1-10H,11-12,17H2;1H/p-1. The summed E-state index contributed by atoms with van der Waals surface area (Å²) in [4.78, 5) is 2.21. The van der Waals surface area contributed by atoms with E-state index in [9.17, 15) is 0 Å². The van der Waals surface area contributed by atoms with Crippen LogP contribution in [0, 0.1) is 0 Å². The summed E-state index contributed by atoms with van der Waals surface area (Å²) in [6.45, 7) is 1.74. The Morgan fingerprint density at radius 3 is 2.42 bits per heavy atom. The molecule has 2 N–H and O–H groups in total. The van der Waals surface area contributed by atoms with Crippen LogP contribution in [0.25, 0.3) is 6.08 Å². The maximum absolute atomic E-state index is 6.13. The molecule has 0 amide bonds. The molecule has 0 saturated carbocycles. The van der Waals surface area contributed by atoms with Crippen LogP contribution in [0.2, 0.25) is 0 Å². The molecule has 2 nitrogen and oxygen atoms in total. The molecule has 1 aliphatic heterocycles. The smallest absolute Gasteiger partial charge is 0.0998 e. The van der Waals surface area contributed by atoms with Gasteiger partial charge in [0, 0.05) is 13.1 Å². The van der Waals surface area contributed by atoms with Crippen molar-refractivity contribution in [3.8, 4) is 0 Å². The third-order valence-electron chi connectivity index (χ3n) is 3.30. The number of hydrogen-bond donors (Lipinski definition) is 1. The predicted octanol–water partition coefficient (Wildman–Crippen LogP) is -0.0365. The van der Waals surface area contributed by atoms with Gasteiger partial charge in [0.2, 0.25) is 0 Å². The van der Waals surface area contributed by atoms with Crippen molar-refractivity contribution >= 4 is 6.08 Å². The average molecular weight is 316 g/mol. The van der Waals surface area contributed by atoms with E-state index in [1.807, 2.05) is 6.07 Å². The molecular weight excluding hydrogens is 300 g/mol. The van der Waals surface area contributed by atoms with Crippen molar-refractivity contribution < 1.29 is 17.0 Å². The summed E-state index contributed by atoms with van der Waals surface area (Å²) in [6.07, 6.45) is 2.06. The van der Waals surface area contributed by atoms with E-state index in [0.717, 1.165) is 18.9 Å². The van der Waals surface area contributed by atoms with Gasteiger partial charge in [-0.2, -0.15) is 0 Å². The predicted molar refractivity (Wildman–Crippen MR) is 74.3 cm³/mol. The van der Waals surface area contributed by atoms with E-state index in [-0.39, 0.29) is 17.0 Å². The van der Waals surface area contributed by atoms with Gasteiger partial charge in [-0.1, -0.05) is 54.6 Å². The van der Waals surface area contributed by atoms with Crippen LogP contribution in [0.5, 0.6) is 0 Å². The average Bonchev–Trinajstić information content (AvgIpc) is 2.41. The maximum atomic E-state index is 6.13. The van der Waals surface area contributed by atoms with Gasteiger partial charge in [0.25, 0.3) is 0 Å². The van der Waals surface area contributed by atoms with E-state index < -0.39 is 0 Å². The lowest BCUT2D eigenvalue weighted by atomic mass is 10.0. The monoisotopic (exact) mass is 315 g/mol. The Morgan fingerprint density at radius 2 is 1.63 bits per heavy atom. The fourth-order valence-electron chi connectivity index (χ4n) is 2.32. The molecule has 3 rings (SSSR count). The van der Waals surface area contributed by atoms with E-state index in [2.05, 4.69) is 59.5 Å². The maximum Gasteiger partial charge on any atom is 0.0998 e. The van der Waals surface area contributed by atoms with Gasteiger partial charge in [-0.05, 0) is 22.8 Å². The van der Waals surface area contributed by atoms with Crippen molar-refractivity contribution in [1.29, 1.82) is 0 Å². The molecule has 19 heavy (non-hydrogen) atoms. The van der Waals surface area contributed by atoms with Gasteiger partial charge in [0.15, 0.2) is 0 Å². The quantitative estimate of drug-likeness (QED) is 0.843. The first kappa shape index (κ1) is 13.7. The normalized spacial score (nSPS) is 13.3. The molecule has 0 aromatic heterocycles. The van der Waals surface area contributed by atoms with Crippen LogP contribution < -0.4 is 22.7 Å². The Morgan fingerprint density at radius 1 is 0.947 bits per heavy atom. The molecule has 1 aliphatic rings. The zero-order valence-corrected chi connectivity index (χ0v) is 12.2. The molecular formula is C16H16BrN2-. The Labute approximate surface area is 124 Å². The van der Waals surface area contributed by atoms with Gasteiger partial charge in [-0.25, -0.2) is 0 Å². The summed E-state index contributed by atoms with van der Waals surface area (Å²) >= 11 is 0. The van der Waals surface area contributed by atoms with Crippen LogP contribution in [0.3, 0.4) is 0 Å². The molecule has 0 radical (unpaired) electrons. The molecule has 0 fully saturated rings. The molecule has 0 bridgehead atoms. The second-order valence-electron chi connectivity index (χ2n) is 4.61. The zero-order chi connectivity index (χ0) is 12.4. The van der Waals surface area contributed by atoms with Gasteiger partial charge in [0.05, 0.1) is 5.82 Å². The lowest BCUT2D eigenvalue weighted by molar-refractivity contribution is -0.00000366. The summed E-state index contributed by atoms with van der Waals surface area (Å²) in [5.74, 6) is 0.845. The lowest BCUT2D eigenvalue weighted by Crippen LogP contribution is -3.00. The van der Waals surface area contributed by atoms with Gasteiger partial charge in [-0.15, -0.1) is 0 Å². The lowest BCUT2D eigenvalue weighted by Gasteiger charge is -2.29.